The summed E-state index contributed by atoms with van der Waals surface area (Å²) in [5, 5.41) is 15.2. The van der Waals surface area contributed by atoms with Crippen LogP contribution >= 0.6 is 0 Å². The van der Waals surface area contributed by atoms with E-state index in [2.05, 4.69) is 25.9 Å². The van der Waals surface area contributed by atoms with E-state index in [1.54, 1.807) is 24.3 Å². The van der Waals surface area contributed by atoms with Crippen molar-refractivity contribution in [1.29, 1.82) is 0 Å². The van der Waals surface area contributed by atoms with Gasteiger partial charge < -0.3 is 10.1 Å². The summed E-state index contributed by atoms with van der Waals surface area (Å²) in [5.41, 5.74) is -2.01. The van der Waals surface area contributed by atoms with E-state index in [9.17, 15) is 31.1 Å². The molecule has 0 saturated carbocycles. The molecule has 0 fully saturated rings. The van der Waals surface area contributed by atoms with Crippen LogP contribution in [0, 0.1) is 6.92 Å². The highest BCUT2D eigenvalue weighted by molar-refractivity contribution is 6.27. The van der Waals surface area contributed by atoms with Gasteiger partial charge in [-0.3, -0.25) is 4.79 Å². The summed E-state index contributed by atoms with van der Waals surface area (Å²) in [7, 11) is 0. The lowest BCUT2D eigenvalue weighted by Gasteiger charge is -2.41. The lowest BCUT2D eigenvalue weighted by molar-refractivity contribution is -0.201. The number of carbonyl (C=O) groups is 1. The Kier molecular flexibility index (Phi) is 6.50. The van der Waals surface area contributed by atoms with Crippen molar-refractivity contribution in [2.45, 2.75) is 37.7 Å². The number of nitrogens with one attached hydrogen (secondary N) is 2. The fourth-order valence-electron chi connectivity index (χ4n) is 3.93. The van der Waals surface area contributed by atoms with E-state index < -0.39 is 43.2 Å². The molecule has 1 amide bonds. The van der Waals surface area contributed by atoms with Crippen molar-refractivity contribution >= 4 is 17.1 Å². The van der Waals surface area contributed by atoms with E-state index in [1.807, 2.05) is 6.92 Å². The van der Waals surface area contributed by atoms with Crippen LogP contribution in [0.25, 0.3) is 11.1 Å². The number of nitrogens with zero attached hydrogens (tertiary/aromatic N) is 3. The number of rotatable bonds is 6. The number of ether oxygens (including phenoxy) is 1. The van der Waals surface area contributed by atoms with Crippen LogP contribution in [0.1, 0.15) is 35.4 Å². The van der Waals surface area contributed by atoms with Gasteiger partial charge in [0, 0.05) is 6.42 Å². The number of carbonyl (C=O) groups excluding carboxylic acids is 1. The summed E-state index contributed by atoms with van der Waals surface area (Å²) in [6.45, 7) is 1.13. The molecule has 0 unspecified atom stereocenters. The first-order valence-corrected chi connectivity index (χ1v) is 10.6. The van der Waals surface area contributed by atoms with E-state index in [1.165, 1.54) is 0 Å². The van der Waals surface area contributed by atoms with E-state index >= 15 is 0 Å². The third-order valence-electron chi connectivity index (χ3n) is 5.75. The van der Waals surface area contributed by atoms with Crippen molar-refractivity contribution in [2.24, 2.45) is 0 Å². The van der Waals surface area contributed by atoms with Crippen molar-refractivity contribution < 1.29 is 35.9 Å². The summed E-state index contributed by atoms with van der Waals surface area (Å²) >= 11 is 0. The van der Waals surface area contributed by atoms with Crippen LogP contribution in [0.5, 0.6) is 5.75 Å². The Balaban J connectivity index is 1.76. The van der Waals surface area contributed by atoms with Crippen LogP contribution in [-0.4, -0.2) is 45.5 Å². The molecule has 2 N–H and O–H groups in total. The molecule has 2 aromatic carbocycles. The molecule has 0 spiro atoms. The summed E-state index contributed by atoms with van der Waals surface area (Å²) in [4.78, 5) is 13.2. The van der Waals surface area contributed by atoms with Gasteiger partial charge in [0.1, 0.15) is 5.75 Å². The van der Waals surface area contributed by atoms with Gasteiger partial charge in [0.25, 0.3) is 5.91 Å². The van der Waals surface area contributed by atoms with Crippen LogP contribution in [0.15, 0.2) is 48.5 Å². The van der Waals surface area contributed by atoms with Crippen molar-refractivity contribution in [3.63, 3.8) is 0 Å². The lowest BCUT2D eigenvalue weighted by atomic mass is 9.76. The highest BCUT2D eigenvalue weighted by atomic mass is 19.4. The minimum absolute atomic E-state index is 0.0377. The number of aromatic amines is 1. The number of alkyl halides is 6. The molecule has 0 aliphatic carbocycles. The molecule has 1 aromatic heterocycles. The van der Waals surface area contributed by atoms with Crippen LogP contribution in [-0.2, 0) is 10.3 Å². The predicted molar refractivity (Wildman–Crippen MR) is 115 cm³/mol. The molecule has 3 aromatic rings. The molecule has 1 aliphatic rings. The number of tetrazole rings is 1. The molecule has 2 heterocycles. The topological polar surface area (TPSA) is 92.8 Å². The fourth-order valence-corrected chi connectivity index (χ4v) is 3.93. The van der Waals surface area contributed by atoms with Crippen LogP contribution in [0.4, 0.5) is 26.3 Å². The second kappa shape index (κ2) is 9.28. The number of hydrogen-bond donors (Lipinski definition) is 2. The SMILES string of the molecule is Cc1ccc(C2=C(c3nn[nH]n3)C(=O)N[C@@](c3ccc(OCCC(F)(F)F)cc3)(C(F)(F)F)C2)cc1. The van der Waals surface area contributed by atoms with E-state index in [0.29, 0.717) is 5.56 Å². The minimum atomic E-state index is -4.94. The van der Waals surface area contributed by atoms with E-state index in [-0.39, 0.29) is 28.3 Å². The van der Waals surface area contributed by atoms with Gasteiger partial charge in [-0.15, -0.1) is 10.2 Å². The summed E-state index contributed by atoms with van der Waals surface area (Å²) in [5.74, 6) is -1.25. The maximum atomic E-state index is 14.7. The van der Waals surface area contributed by atoms with Crippen molar-refractivity contribution in [3.8, 4) is 5.75 Å². The summed E-state index contributed by atoms with van der Waals surface area (Å²) < 4.78 is 86.1. The van der Waals surface area contributed by atoms with Crippen LogP contribution in [0.3, 0.4) is 0 Å². The highest BCUT2D eigenvalue weighted by Gasteiger charge is 2.59. The number of halogens is 6. The largest absolute Gasteiger partial charge is 0.493 e. The number of H-pyrrole nitrogens is 1. The molecule has 13 heteroatoms. The molecular formula is C23H19F6N5O2. The summed E-state index contributed by atoms with van der Waals surface area (Å²) in [6.07, 6.45) is -11.3. The zero-order valence-corrected chi connectivity index (χ0v) is 18.7. The van der Waals surface area contributed by atoms with E-state index in [0.717, 1.165) is 29.8 Å². The number of aromatic nitrogens is 4. The Morgan fingerprint density at radius 1 is 1.00 bits per heavy atom. The molecule has 36 heavy (non-hydrogen) atoms. The second-order valence-electron chi connectivity index (χ2n) is 8.23. The van der Waals surface area contributed by atoms with Gasteiger partial charge in [0.05, 0.1) is 18.6 Å². The van der Waals surface area contributed by atoms with Gasteiger partial charge in [-0.05, 0) is 41.0 Å². The highest BCUT2D eigenvalue weighted by Crippen LogP contribution is 2.49. The first-order valence-electron chi connectivity index (χ1n) is 10.6. The van der Waals surface area contributed by atoms with E-state index in [4.69, 9.17) is 4.74 Å². The average molecular weight is 511 g/mol. The van der Waals surface area contributed by atoms with Crippen LogP contribution in [0.2, 0.25) is 0 Å². The van der Waals surface area contributed by atoms with Gasteiger partial charge in [-0.1, -0.05) is 42.0 Å². The Morgan fingerprint density at radius 2 is 1.67 bits per heavy atom. The molecule has 7 nitrogen and oxygen atoms in total. The van der Waals surface area contributed by atoms with Crippen molar-refractivity contribution in [3.05, 3.63) is 71.0 Å². The Bertz CT molecular complexity index is 1250. The Hall–Kier alpha value is -3.90. The van der Waals surface area contributed by atoms with Crippen LogP contribution < -0.4 is 10.1 Å². The third kappa shape index (κ3) is 5.04. The number of aryl methyl sites for hydroxylation is 1. The first-order chi connectivity index (χ1) is 16.9. The van der Waals surface area contributed by atoms with Crippen molar-refractivity contribution in [2.75, 3.05) is 6.61 Å². The smallest absolute Gasteiger partial charge is 0.416 e. The fraction of sp³-hybridized carbons (Fsp3) is 0.304. The molecule has 1 aliphatic heterocycles. The Morgan fingerprint density at radius 3 is 2.22 bits per heavy atom. The van der Waals surface area contributed by atoms with Gasteiger partial charge in [-0.25, -0.2) is 0 Å². The second-order valence-corrected chi connectivity index (χ2v) is 8.23. The minimum Gasteiger partial charge on any atom is -0.493 e. The molecule has 0 saturated heterocycles. The van der Waals surface area contributed by atoms with Gasteiger partial charge in [-0.2, -0.15) is 31.6 Å². The molecule has 190 valence electrons. The van der Waals surface area contributed by atoms with Gasteiger partial charge in [0.2, 0.25) is 5.82 Å². The standard InChI is InChI=1S/C23H19F6N5O2/c1-13-2-4-14(5-3-13)17-12-21(23(27,28)29,30-20(35)18(17)19-31-33-34-32-19)15-6-8-16(9-7-15)36-11-10-22(24,25)26/h2-9H,10-12H2,1H3,(H,30,35)(H,31,32,33,34)/t21-/m0/s1. The molecular weight excluding hydrogens is 492 g/mol. The average Bonchev–Trinajstić information content (AvgIpc) is 3.32. The number of benzene rings is 2. The predicted octanol–water partition coefficient (Wildman–Crippen LogP) is 4.73. The molecule has 4 rings (SSSR count). The zero-order chi connectivity index (χ0) is 26.1. The maximum Gasteiger partial charge on any atom is 0.416 e. The molecule has 0 bridgehead atoms. The maximum absolute atomic E-state index is 14.7. The van der Waals surface area contributed by atoms with Gasteiger partial charge >= 0.3 is 12.4 Å². The molecule has 0 radical (unpaired) electrons. The number of hydrogen-bond acceptors (Lipinski definition) is 5. The van der Waals surface area contributed by atoms with Crippen molar-refractivity contribution in [1.82, 2.24) is 25.9 Å². The monoisotopic (exact) mass is 511 g/mol. The molecule has 1 atom stereocenters. The summed E-state index contributed by atoms with van der Waals surface area (Å²) in [6, 6.07) is 11.0. The first kappa shape index (κ1) is 25.2. The Labute approximate surface area is 200 Å². The zero-order valence-electron chi connectivity index (χ0n) is 18.7. The van der Waals surface area contributed by atoms with Gasteiger partial charge in [0.15, 0.2) is 5.54 Å². The quantitative estimate of drug-likeness (QED) is 0.467. The third-order valence-corrected chi connectivity index (χ3v) is 5.75. The number of amides is 1. The lowest BCUT2D eigenvalue weighted by Crippen LogP contribution is -2.58. The normalized spacial score (nSPS) is 18.8.